The molecule has 4 nitrogen and oxygen atoms in total. The zero-order valence-corrected chi connectivity index (χ0v) is 11.7. The molecule has 6 heteroatoms. The Labute approximate surface area is 117 Å². The molecule has 0 unspecified atom stereocenters. The molecule has 2 amide bonds. The number of aliphatic hydroxyl groups is 1. The molecule has 0 heterocycles. The third-order valence-electron chi connectivity index (χ3n) is 3.00. The van der Waals surface area contributed by atoms with Gasteiger partial charge in [-0.1, -0.05) is 13.0 Å². The predicted octanol–water partition coefficient (Wildman–Crippen LogP) is 2.65. The Morgan fingerprint density at radius 1 is 1.45 bits per heavy atom. The highest BCUT2D eigenvalue weighted by molar-refractivity contribution is 5.89. The van der Waals surface area contributed by atoms with Crippen LogP contribution < -0.4 is 5.32 Å². The average Bonchev–Trinajstić information content (AvgIpc) is 2.40. The first-order chi connectivity index (χ1) is 9.47. The number of halogens is 2. The molecule has 1 rings (SSSR count). The Hall–Kier alpha value is -1.69. The number of nitrogens with one attached hydrogen (secondary N) is 1. The van der Waals surface area contributed by atoms with E-state index in [9.17, 15) is 13.6 Å². The van der Waals surface area contributed by atoms with Gasteiger partial charge in [-0.25, -0.2) is 13.6 Å². The van der Waals surface area contributed by atoms with Crippen molar-refractivity contribution in [3.05, 3.63) is 29.3 Å². The maximum atomic E-state index is 12.4. The van der Waals surface area contributed by atoms with Gasteiger partial charge in [-0.3, -0.25) is 0 Å². The summed E-state index contributed by atoms with van der Waals surface area (Å²) < 4.78 is 24.8. The van der Waals surface area contributed by atoms with Gasteiger partial charge < -0.3 is 15.3 Å². The molecule has 0 aromatic heterocycles. The zero-order chi connectivity index (χ0) is 15.1. The highest BCUT2D eigenvalue weighted by atomic mass is 19.3. The van der Waals surface area contributed by atoms with E-state index in [0.29, 0.717) is 5.69 Å². The van der Waals surface area contributed by atoms with E-state index >= 15 is 0 Å². The number of carbonyl (C=O) groups excluding carboxylic acids is 1. The normalized spacial score (nSPS) is 10.7. The molecule has 0 radical (unpaired) electrons. The quantitative estimate of drug-likeness (QED) is 0.844. The summed E-state index contributed by atoms with van der Waals surface area (Å²) in [6.45, 7) is 2.80. The zero-order valence-electron chi connectivity index (χ0n) is 11.7. The summed E-state index contributed by atoms with van der Waals surface area (Å²) in [7, 11) is 0. The van der Waals surface area contributed by atoms with Crippen LogP contribution in [0.15, 0.2) is 18.2 Å². The maximum absolute atomic E-state index is 12.4. The van der Waals surface area contributed by atoms with Crippen molar-refractivity contribution in [2.24, 2.45) is 0 Å². The highest BCUT2D eigenvalue weighted by Gasteiger charge is 2.17. The largest absolute Gasteiger partial charge is 0.395 e. The van der Waals surface area contributed by atoms with Crippen molar-refractivity contribution < 1.29 is 18.7 Å². The molecule has 20 heavy (non-hydrogen) atoms. The monoisotopic (exact) mass is 286 g/mol. The molecule has 1 aromatic carbocycles. The van der Waals surface area contributed by atoms with Crippen LogP contribution in [-0.4, -0.2) is 42.2 Å². The van der Waals surface area contributed by atoms with Crippen LogP contribution in [0.25, 0.3) is 0 Å². The molecular weight excluding hydrogens is 266 g/mol. The van der Waals surface area contributed by atoms with Crippen LogP contribution in [0.4, 0.5) is 19.3 Å². The lowest BCUT2D eigenvalue weighted by atomic mass is 10.1. The Morgan fingerprint density at radius 2 is 2.15 bits per heavy atom. The Kier molecular flexibility index (Phi) is 6.38. The van der Waals surface area contributed by atoms with Gasteiger partial charge in [0, 0.05) is 12.2 Å². The van der Waals surface area contributed by atoms with Crippen molar-refractivity contribution in [1.29, 1.82) is 0 Å². The van der Waals surface area contributed by atoms with Gasteiger partial charge in [-0.2, -0.15) is 0 Å². The number of anilines is 1. The molecule has 1 aromatic rings. The SMILES string of the molecule is CCc1cc(NC(=O)N(CCO)CC(F)F)ccc1C. The van der Waals surface area contributed by atoms with Crippen molar-refractivity contribution in [3.8, 4) is 0 Å². The number of alkyl halides is 2. The Bertz CT molecular complexity index is 453. The second-order valence-corrected chi connectivity index (χ2v) is 4.49. The van der Waals surface area contributed by atoms with Crippen molar-refractivity contribution in [2.75, 3.05) is 25.0 Å². The summed E-state index contributed by atoms with van der Waals surface area (Å²) in [5, 5.41) is 11.4. The minimum absolute atomic E-state index is 0.122. The first kappa shape index (κ1) is 16.4. The molecule has 0 aliphatic rings. The number of hydrogen-bond donors (Lipinski definition) is 2. The summed E-state index contributed by atoms with van der Waals surface area (Å²) in [6, 6.07) is 4.79. The Morgan fingerprint density at radius 3 is 2.70 bits per heavy atom. The van der Waals surface area contributed by atoms with E-state index < -0.39 is 19.0 Å². The minimum atomic E-state index is -2.63. The number of rotatable bonds is 6. The summed E-state index contributed by atoms with van der Waals surface area (Å²) in [5.41, 5.74) is 2.77. The van der Waals surface area contributed by atoms with Gasteiger partial charge >= 0.3 is 6.03 Å². The van der Waals surface area contributed by atoms with Crippen LogP contribution in [0.3, 0.4) is 0 Å². The van der Waals surface area contributed by atoms with Gasteiger partial charge in [0.25, 0.3) is 6.43 Å². The molecule has 0 bridgehead atoms. The number of nitrogens with zero attached hydrogens (tertiary/aromatic N) is 1. The van der Waals surface area contributed by atoms with Gasteiger partial charge in [-0.15, -0.1) is 0 Å². The molecular formula is C14H20F2N2O2. The fourth-order valence-corrected chi connectivity index (χ4v) is 1.90. The van der Waals surface area contributed by atoms with Crippen molar-refractivity contribution >= 4 is 11.7 Å². The topological polar surface area (TPSA) is 52.6 Å². The van der Waals surface area contributed by atoms with Gasteiger partial charge in [0.1, 0.15) is 0 Å². The lowest BCUT2D eigenvalue weighted by Gasteiger charge is -2.22. The minimum Gasteiger partial charge on any atom is -0.395 e. The van der Waals surface area contributed by atoms with E-state index in [4.69, 9.17) is 5.11 Å². The number of hydrogen-bond acceptors (Lipinski definition) is 2. The third-order valence-corrected chi connectivity index (χ3v) is 3.00. The van der Waals surface area contributed by atoms with Crippen molar-refractivity contribution in [3.63, 3.8) is 0 Å². The standard InChI is InChI=1S/C14H20F2N2O2/c1-3-11-8-12(5-4-10(11)2)17-14(20)18(6-7-19)9-13(15)16/h4-5,8,13,19H,3,6-7,9H2,1-2H3,(H,17,20). The van der Waals surface area contributed by atoms with Crippen LogP contribution in [0, 0.1) is 6.92 Å². The highest BCUT2D eigenvalue weighted by Crippen LogP contribution is 2.16. The van der Waals surface area contributed by atoms with Crippen LogP contribution in [0.1, 0.15) is 18.1 Å². The predicted molar refractivity (Wildman–Crippen MR) is 74.2 cm³/mol. The van der Waals surface area contributed by atoms with Crippen LogP contribution >= 0.6 is 0 Å². The lowest BCUT2D eigenvalue weighted by molar-refractivity contribution is 0.0943. The second kappa shape index (κ2) is 7.79. The summed E-state index contributed by atoms with van der Waals surface area (Å²) in [4.78, 5) is 12.8. The van der Waals surface area contributed by atoms with E-state index in [-0.39, 0.29) is 13.2 Å². The summed E-state index contributed by atoms with van der Waals surface area (Å²) in [6.07, 6.45) is -1.80. The first-order valence-corrected chi connectivity index (χ1v) is 6.52. The van der Waals surface area contributed by atoms with E-state index in [1.807, 2.05) is 26.0 Å². The first-order valence-electron chi connectivity index (χ1n) is 6.52. The molecule has 0 fully saturated rings. The van der Waals surface area contributed by atoms with Gasteiger partial charge in [-0.05, 0) is 36.6 Å². The van der Waals surface area contributed by atoms with Gasteiger partial charge in [0.2, 0.25) is 0 Å². The molecule has 2 N–H and O–H groups in total. The van der Waals surface area contributed by atoms with Crippen LogP contribution in [-0.2, 0) is 6.42 Å². The van der Waals surface area contributed by atoms with Crippen LogP contribution in [0.5, 0.6) is 0 Å². The fourth-order valence-electron chi connectivity index (χ4n) is 1.90. The number of carbonyl (C=O) groups is 1. The van der Waals surface area contributed by atoms with Gasteiger partial charge in [0.05, 0.1) is 13.2 Å². The number of aryl methyl sites for hydroxylation is 2. The fraction of sp³-hybridized carbons (Fsp3) is 0.500. The second-order valence-electron chi connectivity index (χ2n) is 4.49. The molecule has 0 saturated carbocycles. The van der Waals surface area contributed by atoms with E-state index in [2.05, 4.69) is 5.32 Å². The number of aliphatic hydroxyl groups excluding tert-OH is 1. The molecule has 112 valence electrons. The summed E-state index contributed by atoms with van der Waals surface area (Å²) >= 11 is 0. The number of amides is 2. The van der Waals surface area contributed by atoms with E-state index in [1.165, 1.54) is 0 Å². The van der Waals surface area contributed by atoms with E-state index in [1.54, 1.807) is 6.07 Å². The lowest BCUT2D eigenvalue weighted by Crippen LogP contribution is -2.40. The average molecular weight is 286 g/mol. The molecule has 0 spiro atoms. The Balaban J connectivity index is 2.76. The maximum Gasteiger partial charge on any atom is 0.322 e. The van der Waals surface area contributed by atoms with Crippen molar-refractivity contribution in [2.45, 2.75) is 26.7 Å². The molecule has 0 aliphatic heterocycles. The summed E-state index contributed by atoms with van der Waals surface area (Å²) in [5.74, 6) is 0. The van der Waals surface area contributed by atoms with Crippen LogP contribution in [0.2, 0.25) is 0 Å². The van der Waals surface area contributed by atoms with Gasteiger partial charge in [0.15, 0.2) is 0 Å². The number of urea groups is 1. The number of benzene rings is 1. The smallest absolute Gasteiger partial charge is 0.322 e. The van der Waals surface area contributed by atoms with E-state index in [0.717, 1.165) is 22.4 Å². The molecule has 0 atom stereocenters. The molecule has 0 aliphatic carbocycles. The third kappa shape index (κ3) is 4.77. The van der Waals surface area contributed by atoms with Crippen molar-refractivity contribution in [1.82, 2.24) is 4.90 Å². The molecule has 0 saturated heterocycles.